The minimum absolute atomic E-state index is 0.331. The molecule has 1 aromatic carbocycles. The van der Waals surface area contributed by atoms with Crippen molar-refractivity contribution < 1.29 is 14.4 Å². The number of carbonyl (C=O) groups excluding carboxylic acids is 2. The molecule has 0 aliphatic carbocycles. The van der Waals surface area contributed by atoms with E-state index in [1.165, 1.54) is 0 Å². The minimum atomic E-state index is -0.758. The standard InChI is InChI=1S/C13H14N2O2/c1-13(2,3)12(17)10(15-14)11(16)9-7-5-4-6-8-9/h4-8H,1-3H3. The Balaban J connectivity index is 3.12. The van der Waals surface area contributed by atoms with Crippen molar-refractivity contribution in [1.82, 2.24) is 0 Å². The van der Waals surface area contributed by atoms with Gasteiger partial charge in [0.05, 0.1) is 0 Å². The van der Waals surface area contributed by atoms with Crippen LogP contribution in [0, 0.1) is 5.41 Å². The Hall–Kier alpha value is -2.06. The Labute approximate surface area is 99.9 Å². The molecule has 0 amide bonds. The van der Waals surface area contributed by atoms with E-state index in [-0.39, 0.29) is 0 Å². The summed E-state index contributed by atoms with van der Waals surface area (Å²) in [5.41, 5.74) is 7.98. The molecular weight excluding hydrogens is 216 g/mol. The first-order valence-corrected chi connectivity index (χ1v) is 5.24. The molecule has 0 atom stereocenters. The second-order valence-electron chi connectivity index (χ2n) is 4.72. The minimum Gasteiger partial charge on any atom is -0.360 e. The lowest BCUT2D eigenvalue weighted by molar-refractivity contribution is -0.123. The molecule has 0 aromatic heterocycles. The fraction of sp³-hybridized carbons (Fsp3) is 0.308. The van der Waals surface area contributed by atoms with E-state index < -0.39 is 22.7 Å². The Morgan fingerprint density at radius 2 is 1.65 bits per heavy atom. The molecule has 4 heteroatoms. The van der Waals surface area contributed by atoms with Crippen LogP contribution in [-0.4, -0.2) is 22.1 Å². The maximum Gasteiger partial charge on any atom is 0.405 e. The number of ketones is 2. The van der Waals surface area contributed by atoms with Gasteiger partial charge in [-0.15, -0.1) is 0 Å². The molecule has 0 radical (unpaired) electrons. The number of hydrogen-bond donors (Lipinski definition) is 0. The third-order valence-corrected chi connectivity index (χ3v) is 2.25. The zero-order chi connectivity index (χ0) is 13.1. The Morgan fingerprint density at radius 3 is 2.06 bits per heavy atom. The molecule has 88 valence electrons. The lowest BCUT2D eigenvalue weighted by Gasteiger charge is -2.12. The van der Waals surface area contributed by atoms with Crippen molar-refractivity contribution in [2.24, 2.45) is 5.41 Å². The molecule has 0 aliphatic heterocycles. The van der Waals surface area contributed by atoms with Gasteiger partial charge in [0.25, 0.3) is 11.6 Å². The number of rotatable bonds is 3. The van der Waals surface area contributed by atoms with Crippen LogP contribution in [0.2, 0.25) is 0 Å². The van der Waals surface area contributed by atoms with Crippen LogP contribution in [0.25, 0.3) is 5.53 Å². The zero-order valence-electron chi connectivity index (χ0n) is 10.1. The molecule has 0 unspecified atom stereocenters. The van der Waals surface area contributed by atoms with Gasteiger partial charge in [-0.2, -0.15) is 4.79 Å². The normalized spacial score (nSPS) is 10.5. The number of hydrogen-bond acceptors (Lipinski definition) is 2. The van der Waals surface area contributed by atoms with Crippen molar-refractivity contribution in [2.75, 3.05) is 0 Å². The predicted octanol–water partition coefficient (Wildman–Crippen LogP) is 2.16. The lowest BCUT2D eigenvalue weighted by atomic mass is 9.85. The Kier molecular flexibility index (Phi) is 3.71. The van der Waals surface area contributed by atoms with Gasteiger partial charge < -0.3 is 5.53 Å². The molecule has 0 aliphatic rings. The van der Waals surface area contributed by atoms with E-state index in [2.05, 4.69) is 4.79 Å². The predicted molar refractivity (Wildman–Crippen MR) is 63.9 cm³/mol. The number of carbonyl (C=O) groups is 2. The summed E-state index contributed by atoms with van der Waals surface area (Å²) in [6.07, 6.45) is 0. The zero-order valence-corrected chi connectivity index (χ0v) is 10.1. The summed E-state index contributed by atoms with van der Waals surface area (Å²) in [5, 5.41) is 0. The van der Waals surface area contributed by atoms with Crippen LogP contribution in [0.3, 0.4) is 0 Å². The molecule has 0 saturated carbocycles. The van der Waals surface area contributed by atoms with E-state index >= 15 is 0 Å². The molecule has 0 N–H and O–H groups in total. The van der Waals surface area contributed by atoms with Crippen LogP contribution in [-0.2, 0) is 4.79 Å². The molecule has 1 aromatic rings. The van der Waals surface area contributed by atoms with Gasteiger partial charge in [-0.05, 0) is 0 Å². The smallest absolute Gasteiger partial charge is 0.360 e. The molecule has 0 saturated heterocycles. The highest BCUT2D eigenvalue weighted by atomic mass is 16.2. The van der Waals surface area contributed by atoms with Gasteiger partial charge in [-0.1, -0.05) is 51.1 Å². The van der Waals surface area contributed by atoms with Crippen LogP contribution >= 0.6 is 0 Å². The van der Waals surface area contributed by atoms with E-state index in [0.717, 1.165) is 0 Å². The van der Waals surface area contributed by atoms with E-state index in [0.29, 0.717) is 5.56 Å². The molecule has 17 heavy (non-hydrogen) atoms. The molecule has 0 bridgehead atoms. The van der Waals surface area contributed by atoms with Gasteiger partial charge >= 0.3 is 5.71 Å². The number of nitrogens with zero attached hydrogens (tertiary/aromatic N) is 2. The third kappa shape index (κ3) is 2.95. The van der Waals surface area contributed by atoms with E-state index in [1.807, 2.05) is 0 Å². The first-order chi connectivity index (χ1) is 7.88. The van der Waals surface area contributed by atoms with Gasteiger partial charge in [0.1, 0.15) is 0 Å². The fourth-order valence-corrected chi connectivity index (χ4v) is 1.28. The summed E-state index contributed by atoms with van der Waals surface area (Å²) in [6.45, 7) is 5.00. The summed E-state index contributed by atoms with van der Waals surface area (Å²) in [6, 6.07) is 8.28. The highest BCUT2D eigenvalue weighted by molar-refractivity contribution is 6.67. The van der Waals surface area contributed by atoms with Crippen molar-refractivity contribution in [1.29, 1.82) is 0 Å². The maximum absolute atomic E-state index is 12.0. The van der Waals surface area contributed by atoms with Crippen molar-refractivity contribution in [3.8, 4) is 0 Å². The highest BCUT2D eigenvalue weighted by Crippen LogP contribution is 2.16. The van der Waals surface area contributed by atoms with Gasteiger partial charge in [0.2, 0.25) is 0 Å². The molecule has 0 heterocycles. The first-order valence-electron chi connectivity index (χ1n) is 5.24. The number of Topliss-reactive ketones (excluding diaryl/α,β-unsaturated/α-hetero) is 2. The van der Waals surface area contributed by atoms with Gasteiger partial charge in [0, 0.05) is 11.0 Å². The molecule has 0 spiro atoms. The Morgan fingerprint density at radius 1 is 1.12 bits per heavy atom. The third-order valence-electron chi connectivity index (χ3n) is 2.25. The average molecular weight is 230 g/mol. The Bertz CT molecular complexity index is 492. The summed E-state index contributed by atoms with van der Waals surface area (Å²) >= 11 is 0. The summed E-state index contributed by atoms with van der Waals surface area (Å²) in [7, 11) is 0. The van der Waals surface area contributed by atoms with E-state index in [9.17, 15) is 9.59 Å². The van der Waals surface area contributed by atoms with Crippen molar-refractivity contribution in [3.05, 3.63) is 41.4 Å². The summed E-state index contributed by atoms with van der Waals surface area (Å²) in [5.74, 6) is -1.04. The van der Waals surface area contributed by atoms with Gasteiger partial charge in [-0.25, -0.2) is 0 Å². The SMILES string of the molecule is CC(C)(C)C(=O)C(=[N+]=[N-])C(=O)c1ccccc1. The first kappa shape index (κ1) is 13.0. The van der Waals surface area contributed by atoms with Crippen LogP contribution in [0.4, 0.5) is 0 Å². The van der Waals surface area contributed by atoms with Crippen molar-refractivity contribution in [3.63, 3.8) is 0 Å². The second-order valence-corrected chi connectivity index (χ2v) is 4.72. The lowest BCUT2D eigenvalue weighted by Crippen LogP contribution is -2.34. The molecule has 1 rings (SSSR count). The highest BCUT2D eigenvalue weighted by Gasteiger charge is 2.38. The van der Waals surface area contributed by atoms with Crippen molar-refractivity contribution in [2.45, 2.75) is 20.8 Å². The largest absolute Gasteiger partial charge is 0.405 e. The van der Waals surface area contributed by atoms with Gasteiger partial charge in [0.15, 0.2) is 0 Å². The maximum atomic E-state index is 12.0. The molecular formula is C13H14N2O2. The molecule has 4 nitrogen and oxygen atoms in total. The van der Waals surface area contributed by atoms with E-state index in [4.69, 9.17) is 5.53 Å². The van der Waals surface area contributed by atoms with Crippen LogP contribution in [0.1, 0.15) is 31.1 Å². The summed E-state index contributed by atoms with van der Waals surface area (Å²) < 4.78 is 0. The molecule has 0 fully saturated rings. The fourth-order valence-electron chi connectivity index (χ4n) is 1.28. The van der Waals surface area contributed by atoms with Crippen LogP contribution in [0.5, 0.6) is 0 Å². The summed E-state index contributed by atoms with van der Waals surface area (Å²) in [4.78, 5) is 26.7. The van der Waals surface area contributed by atoms with Crippen LogP contribution < -0.4 is 0 Å². The van der Waals surface area contributed by atoms with Crippen LogP contribution in [0.15, 0.2) is 30.3 Å². The topological polar surface area (TPSA) is 70.5 Å². The second kappa shape index (κ2) is 4.85. The van der Waals surface area contributed by atoms with E-state index in [1.54, 1.807) is 51.1 Å². The number of benzene rings is 1. The monoisotopic (exact) mass is 230 g/mol. The van der Waals surface area contributed by atoms with Crippen molar-refractivity contribution >= 4 is 17.3 Å². The van der Waals surface area contributed by atoms with Gasteiger partial charge in [-0.3, -0.25) is 9.59 Å². The quantitative estimate of drug-likeness (QED) is 0.262. The average Bonchev–Trinajstić information content (AvgIpc) is 2.29.